The Morgan fingerprint density at radius 2 is 1.66 bits per heavy atom. The number of nitrogens with zero attached hydrogens (tertiary/aromatic N) is 5. The van der Waals surface area contributed by atoms with Crippen LogP contribution in [0, 0.1) is 6.92 Å². The number of furan rings is 1. The predicted molar refractivity (Wildman–Crippen MR) is 136 cm³/mol. The summed E-state index contributed by atoms with van der Waals surface area (Å²) in [7, 11) is 0. The highest BCUT2D eigenvalue weighted by molar-refractivity contribution is 6.02. The number of benzene rings is 2. The fourth-order valence-corrected chi connectivity index (χ4v) is 4.70. The third kappa shape index (κ3) is 3.85. The summed E-state index contributed by atoms with van der Waals surface area (Å²) < 4.78 is 7.44. The van der Waals surface area contributed by atoms with E-state index in [1.807, 2.05) is 23.1 Å². The van der Waals surface area contributed by atoms with Gasteiger partial charge in [0, 0.05) is 43.6 Å². The molecule has 1 amide bonds. The molecule has 0 aliphatic carbocycles. The Morgan fingerprint density at radius 3 is 2.37 bits per heavy atom. The Kier molecular flexibility index (Phi) is 5.29. The van der Waals surface area contributed by atoms with Crippen molar-refractivity contribution in [3.8, 4) is 16.8 Å². The van der Waals surface area contributed by atoms with E-state index in [1.54, 1.807) is 18.5 Å². The van der Waals surface area contributed by atoms with Crippen molar-refractivity contribution in [3.63, 3.8) is 0 Å². The van der Waals surface area contributed by atoms with E-state index in [1.165, 1.54) is 11.8 Å². The van der Waals surface area contributed by atoms with Crippen molar-refractivity contribution in [1.82, 2.24) is 19.4 Å². The molecule has 6 rings (SSSR count). The summed E-state index contributed by atoms with van der Waals surface area (Å²) in [6, 6.07) is 22.3. The number of anilines is 1. The molecule has 4 heterocycles. The number of piperazine rings is 1. The van der Waals surface area contributed by atoms with Gasteiger partial charge in [0.1, 0.15) is 12.1 Å². The Balaban J connectivity index is 1.40. The first kappa shape index (κ1) is 21.2. The van der Waals surface area contributed by atoms with Crippen LogP contribution in [-0.4, -0.2) is 51.5 Å². The number of rotatable bonds is 4. The van der Waals surface area contributed by atoms with Crippen molar-refractivity contribution in [1.29, 1.82) is 0 Å². The van der Waals surface area contributed by atoms with Crippen LogP contribution < -0.4 is 4.90 Å². The topological polar surface area (TPSA) is 67.4 Å². The van der Waals surface area contributed by atoms with Crippen LogP contribution in [0.1, 0.15) is 16.1 Å². The van der Waals surface area contributed by atoms with Gasteiger partial charge in [-0.25, -0.2) is 9.97 Å². The number of aromatic nitrogens is 3. The molecule has 0 unspecified atom stereocenters. The molecule has 7 heteroatoms. The lowest BCUT2D eigenvalue weighted by Crippen LogP contribution is -2.49. The van der Waals surface area contributed by atoms with Gasteiger partial charge in [0.15, 0.2) is 11.4 Å². The maximum absolute atomic E-state index is 12.7. The molecule has 0 saturated carbocycles. The summed E-state index contributed by atoms with van der Waals surface area (Å²) in [6.07, 6.45) is 5.32. The van der Waals surface area contributed by atoms with Gasteiger partial charge in [-0.1, -0.05) is 48.0 Å². The number of fused-ring (bicyclic) bond motifs is 1. The summed E-state index contributed by atoms with van der Waals surface area (Å²) in [5.74, 6) is 1.20. The van der Waals surface area contributed by atoms with E-state index < -0.39 is 0 Å². The highest BCUT2D eigenvalue weighted by atomic mass is 16.3. The summed E-state index contributed by atoms with van der Waals surface area (Å²) in [6.45, 7) is 4.66. The molecule has 0 spiro atoms. The number of hydrogen-bond donors (Lipinski definition) is 0. The zero-order chi connectivity index (χ0) is 23.8. The van der Waals surface area contributed by atoms with Crippen LogP contribution in [0.5, 0.6) is 0 Å². The fraction of sp³-hybridized carbons (Fsp3) is 0.179. The molecular weight excluding hydrogens is 438 g/mol. The lowest BCUT2D eigenvalue weighted by Gasteiger charge is -2.35. The molecule has 1 fully saturated rings. The van der Waals surface area contributed by atoms with Crippen LogP contribution in [-0.2, 0) is 0 Å². The number of amides is 1. The number of carbonyl (C=O) groups excluding carboxylic acids is 1. The van der Waals surface area contributed by atoms with E-state index in [-0.39, 0.29) is 5.91 Å². The third-order valence-electron chi connectivity index (χ3n) is 6.56. The van der Waals surface area contributed by atoms with Gasteiger partial charge in [-0.3, -0.25) is 4.79 Å². The lowest BCUT2D eigenvalue weighted by molar-refractivity contribution is 0.0714. The Bertz CT molecular complexity index is 1470. The predicted octanol–water partition coefficient (Wildman–Crippen LogP) is 4.95. The molecule has 7 nitrogen and oxygen atoms in total. The van der Waals surface area contributed by atoms with Gasteiger partial charge in [-0.15, -0.1) is 0 Å². The van der Waals surface area contributed by atoms with Gasteiger partial charge < -0.3 is 18.8 Å². The van der Waals surface area contributed by atoms with Gasteiger partial charge in [0.05, 0.1) is 11.6 Å². The van der Waals surface area contributed by atoms with Crippen LogP contribution >= 0.6 is 0 Å². The van der Waals surface area contributed by atoms with Crippen molar-refractivity contribution in [2.45, 2.75) is 6.92 Å². The van der Waals surface area contributed by atoms with Crippen molar-refractivity contribution in [3.05, 3.63) is 96.8 Å². The zero-order valence-electron chi connectivity index (χ0n) is 19.5. The number of hydrogen-bond acceptors (Lipinski definition) is 5. The molecule has 35 heavy (non-hydrogen) atoms. The molecule has 3 aromatic heterocycles. The molecule has 0 radical (unpaired) electrons. The van der Waals surface area contributed by atoms with Crippen molar-refractivity contribution < 1.29 is 9.21 Å². The van der Waals surface area contributed by atoms with Crippen LogP contribution in [0.4, 0.5) is 5.82 Å². The minimum absolute atomic E-state index is 0.0713. The maximum Gasteiger partial charge on any atom is 0.289 e. The molecule has 1 aliphatic heterocycles. The Hall–Kier alpha value is -4.39. The van der Waals surface area contributed by atoms with E-state index in [2.05, 4.69) is 59.0 Å². The quantitative estimate of drug-likeness (QED) is 0.377. The Labute approximate surface area is 203 Å². The normalized spacial score (nSPS) is 14.0. The standard InChI is InChI=1S/C28H25N5O2/c1-20-9-11-22(12-10-20)33-18-23(21-6-3-2-4-7-21)25-26(29-19-30-27(25)33)31-13-15-32(16-14-31)28(34)24-8-5-17-35-24/h2-12,17-19H,13-16H2,1H3. The number of carbonyl (C=O) groups is 1. The molecule has 174 valence electrons. The van der Waals surface area contributed by atoms with E-state index in [0.717, 1.165) is 33.7 Å². The molecule has 0 bridgehead atoms. The van der Waals surface area contributed by atoms with Gasteiger partial charge in [-0.05, 0) is 36.8 Å². The zero-order valence-corrected chi connectivity index (χ0v) is 19.5. The first-order valence-electron chi connectivity index (χ1n) is 11.8. The lowest BCUT2D eigenvalue weighted by atomic mass is 10.1. The Morgan fingerprint density at radius 1 is 0.886 bits per heavy atom. The van der Waals surface area contributed by atoms with Crippen molar-refractivity contribution in [2.24, 2.45) is 0 Å². The minimum atomic E-state index is -0.0713. The van der Waals surface area contributed by atoms with E-state index in [9.17, 15) is 4.79 Å². The molecular formula is C28H25N5O2. The molecule has 2 aromatic carbocycles. The van der Waals surface area contributed by atoms with E-state index >= 15 is 0 Å². The highest BCUT2D eigenvalue weighted by Crippen LogP contribution is 2.37. The molecule has 1 saturated heterocycles. The first-order valence-corrected chi connectivity index (χ1v) is 11.8. The monoisotopic (exact) mass is 463 g/mol. The van der Waals surface area contributed by atoms with Gasteiger partial charge in [-0.2, -0.15) is 0 Å². The van der Waals surface area contributed by atoms with Gasteiger partial charge >= 0.3 is 0 Å². The average Bonchev–Trinajstić information content (AvgIpc) is 3.58. The van der Waals surface area contributed by atoms with E-state index in [0.29, 0.717) is 31.9 Å². The fourth-order valence-electron chi connectivity index (χ4n) is 4.70. The highest BCUT2D eigenvalue weighted by Gasteiger charge is 2.27. The maximum atomic E-state index is 12.7. The average molecular weight is 464 g/mol. The smallest absolute Gasteiger partial charge is 0.289 e. The molecule has 5 aromatic rings. The summed E-state index contributed by atoms with van der Waals surface area (Å²) in [4.78, 5) is 26.3. The molecule has 0 atom stereocenters. The summed E-state index contributed by atoms with van der Waals surface area (Å²) in [5, 5.41) is 1.02. The second kappa shape index (κ2) is 8.76. The SMILES string of the molecule is Cc1ccc(-n2cc(-c3ccccc3)c3c(N4CCN(C(=O)c5ccco5)CC4)ncnc32)cc1. The van der Waals surface area contributed by atoms with Crippen LogP contribution in [0.25, 0.3) is 27.8 Å². The minimum Gasteiger partial charge on any atom is -0.459 e. The molecule has 0 N–H and O–H groups in total. The largest absolute Gasteiger partial charge is 0.459 e. The van der Waals surface area contributed by atoms with Crippen LogP contribution in [0.2, 0.25) is 0 Å². The van der Waals surface area contributed by atoms with E-state index in [4.69, 9.17) is 14.4 Å². The van der Waals surface area contributed by atoms with Crippen molar-refractivity contribution >= 4 is 22.8 Å². The molecule has 1 aliphatic rings. The summed E-state index contributed by atoms with van der Waals surface area (Å²) >= 11 is 0. The first-order chi connectivity index (χ1) is 17.2. The van der Waals surface area contributed by atoms with Gasteiger partial charge in [0.25, 0.3) is 5.91 Å². The second-order valence-electron chi connectivity index (χ2n) is 8.77. The van der Waals surface area contributed by atoms with Gasteiger partial charge in [0.2, 0.25) is 0 Å². The van der Waals surface area contributed by atoms with Crippen LogP contribution in [0.3, 0.4) is 0 Å². The van der Waals surface area contributed by atoms with Crippen LogP contribution in [0.15, 0.2) is 89.9 Å². The second-order valence-corrected chi connectivity index (χ2v) is 8.77. The number of aryl methyl sites for hydroxylation is 1. The third-order valence-corrected chi connectivity index (χ3v) is 6.56. The van der Waals surface area contributed by atoms with Crippen molar-refractivity contribution in [2.75, 3.05) is 31.1 Å². The summed E-state index contributed by atoms with van der Waals surface area (Å²) in [5.41, 5.74) is 5.34.